The van der Waals surface area contributed by atoms with Gasteiger partial charge in [-0.15, -0.1) is 0 Å². The van der Waals surface area contributed by atoms with E-state index in [0.717, 1.165) is 22.0 Å². The fourth-order valence-corrected chi connectivity index (χ4v) is 3.31. The summed E-state index contributed by atoms with van der Waals surface area (Å²) < 4.78 is 1.55. The monoisotopic (exact) mass is 396 g/mol. The van der Waals surface area contributed by atoms with Crippen LogP contribution in [0.15, 0.2) is 59.7 Å². The largest absolute Gasteiger partial charge is 0.368 e. The quantitative estimate of drug-likeness (QED) is 0.535. The molecule has 27 heavy (non-hydrogen) atoms. The van der Waals surface area contributed by atoms with Gasteiger partial charge < -0.3 is 5.73 Å². The van der Waals surface area contributed by atoms with Crippen LogP contribution in [0.2, 0.25) is 10.0 Å². The first-order chi connectivity index (χ1) is 12.9. The first-order valence-electron chi connectivity index (χ1n) is 8.14. The third-order valence-electron chi connectivity index (χ3n) is 4.37. The minimum Gasteiger partial charge on any atom is -0.368 e. The predicted molar refractivity (Wildman–Crippen MR) is 110 cm³/mol. The maximum atomic E-state index is 13.2. The number of nitrogen functional groups attached to an aromatic ring is 1. The lowest BCUT2D eigenvalue weighted by Crippen LogP contribution is -2.20. The first-order valence-corrected chi connectivity index (χ1v) is 8.90. The molecule has 0 aliphatic carbocycles. The molecule has 0 aliphatic rings. The van der Waals surface area contributed by atoms with Crippen molar-refractivity contribution in [2.45, 2.75) is 6.92 Å². The Morgan fingerprint density at radius 3 is 2.63 bits per heavy atom. The molecule has 2 aromatic heterocycles. The van der Waals surface area contributed by atoms with Gasteiger partial charge in [-0.3, -0.25) is 9.36 Å². The second-order valence-corrected chi connectivity index (χ2v) is 6.96. The molecule has 2 aromatic carbocycles. The molecule has 0 saturated carbocycles. The van der Waals surface area contributed by atoms with Crippen LogP contribution in [-0.2, 0) is 0 Å². The van der Waals surface area contributed by atoms with Crippen molar-refractivity contribution >= 4 is 40.1 Å². The van der Waals surface area contributed by atoms with E-state index in [2.05, 4.69) is 9.97 Å². The van der Waals surface area contributed by atoms with E-state index in [1.165, 1.54) is 0 Å². The molecule has 4 aromatic rings. The number of pyridine rings is 1. The Labute approximate surface area is 165 Å². The number of hydrogen-bond acceptors (Lipinski definition) is 4. The molecule has 7 heteroatoms. The van der Waals surface area contributed by atoms with Gasteiger partial charge in [-0.05, 0) is 54.4 Å². The van der Waals surface area contributed by atoms with Crippen LogP contribution in [0.4, 0.5) is 5.95 Å². The van der Waals surface area contributed by atoms with Gasteiger partial charge >= 0.3 is 0 Å². The van der Waals surface area contributed by atoms with E-state index in [1.54, 1.807) is 35.2 Å². The molecule has 0 radical (unpaired) electrons. The molecular formula is C20H14Cl2N4O. The Morgan fingerprint density at radius 1 is 1.04 bits per heavy atom. The standard InChI is InChI=1S/C20H14Cl2N4O/c1-11-6-7-26(14-3-4-15(21)16(22)9-14)19(27)18(11)12-2-5-17-13(8-12)10-24-20(23)25-17/h2-10H,1H3,(H2,23,24,25). The summed E-state index contributed by atoms with van der Waals surface area (Å²) in [7, 11) is 0. The highest BCUT2D eigenvalue weighted by molar-refractivity contribution is 6.42. The summed E-state index contributed by atoms with van der Waals surface area (Å²) in [5, 5.41) is 1.64. The maximum absolute atomic E-state index is 13.2. The Morgan fingerprint density at radius 2 is 1.85 bits per heavy atom. The minimum atomic E-state index is -0.149. The number of aryl methyl sites for hydroxylation is 1. The van der Waals surface area contributed by atoms with Crippen molar-refractivity contribution in [1.82, 2.24) is 14.5 Å². The van der Waals surface area contributed by atoms with Crippen molar-refractivity contribution in [2.75, 3.05) is 5.73 Å². The van der Waals surface area contributed by atoms with E-state index in [9.17, 15) is 4.79 Å². The zero-order valence-corrected chi connectivity index (χ0v) is 15.8. The number of benzene rings is 2. The van der Waals surface area contributed by atoms with Crippen LogP contribution in [-0.4, -0.2) is 14.5 Å². The molecule has 0 bridgehead atoms. The van der Waals surface area contributed by atoms with Crippen LogP contribution in [0.25, 0.3) is 27.7 Å². The predicted octanol–water partition coefficient (Wildman–Crippen LogP) is 4.65. The van der Waals surface area contributed by atoms with Gasteiger partial charge in [0.1, 0.15) is 0 Å². The SMILES string of the molecule is Cc1ccn(-c2ccc(Cl)c(Cl)c2)c(=O)c1-c1ccc2nc(N)ncc2c1. The summed E-state index contributed by atoms with van der Waals surface area (Å²) in [5.41, 5.74) is 9.11. The number of fused-ring (bicyclic) bond motifs is 1. The molecule has 5 nitrogen and oxygen atoms in total. The molecule has 134 valence electrons. The molecular weight excluding hydrogens is 383 g/mol. The van der Waals surface area contributed by atoms with Gasteiger partial charge in [-0.2, -0.15) is 0 Å². The van der Waals surface area contributed by atoms with Gasteiger partial charge in [0, 0.05) is 17.8 Å². The lowest BCUT2D eigenvalue weighted by molar-refractivity contribution is 0.986. The Hall–Kier alpha value is -2.89. The number of anilines is 1. The highest BCUT2D eigenvalue weighted by Crippen LogP contribution is 2.26. The summed E-state index contributed by atoms with van der Waals surface area (Å²) in [6.07, 6.45) is 3.38. The average molecular weight is 397 g/mol. The Bertz CT molecular complexity index is 1250. The number of rotatable bonds is 2. The van der Waals surface area contributed by atoms with Gasteiger partial charge in [0.25, 0.3) is 5.56 Å². The third-order valence-corrected chi connectivity index (χ3v) is 5.11. The number of hydrogen-bond donors (Lipinski definition) is 1. The third kappa shape index (κ3) is 3.16. The maximum Gasteiger partial charge on any atom is 0.263 e. The van der Waals surface area contributed by atoms with Gasteiger partial charge in [-0.1, -0.05) is 29.3 Å². The smallest absolute Gasteiger partial charge is 0.263 e. The van der Waals surface area contributed by atoms with E-state index in [0.29, 0.717) is 21.3 Å². The average Bonchev–Trinajstić information content (AvgIpc) is 2.64. The second kappa shape index (κ2) is 6.68. The summed E-state index contributed by atoms with van der Waals surface area (Å²) in [5.74, 6) is 0.216. The number of halogens is 2. The molecule has 0 amide bonds. The summed E-state index contributed by atoms with van der Waals surface area (Å²) in [6.45, 7) is 1.90. The molecule has 0 aliphatic heterocycles. The minimum absolute atomic E-state index is 0.149. The van der Waals surface area contributed by atoms with Crippen molar-refractivity contribution < 1.29 is 0 Å². The second-order valence-electron chi connectivity index (χ2n) is 6.15. The summed E-state index contributed by atoms with van der Waals surface area (Å²) in [6, 6.07) is 12.6. The summed E-state index contributed by atoms with van der Waals surface area (Å²) in [4.78, 5) is 21.4. The molecule has 0 fully saturated rings. The number of aromatic nitrogens is 3. The molecule has 0 atom stereocenters. The highest BCUT2D eigenvalue weighted by Gasteiger charge is 2.13. The lowest BCUT2D eigenvalue weighted by Gasteiger charge is -2.12. The van der Waals surface area contributed by atoms with E-state index in [4.69, 9.17) is 28.9 Å². The number of nitrogens with two attached hydrogens (primary N) is 1. The van der Waals surface area contributed by atoms with E-state index in [-0.39, 0.29) is 11.5 Å². The lowest BCUT2D eigenvalue weighted by atomic mass is 10.0. The van der Waals surface area contributed by atoms with Crippen LogP contribution in [0, 0.1) is 6.92 Å². The molecule has 2 N–H and O–H groups in total. The normalized spacial score (nSPS) is 11.1. The molecule has 2 heterocycles. The van der Waals surface area contributed by atoms with Crippen molar-refractivity contribution in [3.05, 3.63) is 80.8 Å². The zero-order valence-electron chi connectivity index (χ0n) is 14.3. The van der Waals surface area contributed by atoms with Gasteiger partial charge in [-0.25, -0.2) is 9.97 Å². The van der Waals surface area contributed by atoms with Crippen LogP contribution in [0.1, 0.15) is 5.56 Å². The van der Waals surface area contributed by atoms with Gasteiger partial charge in [0.05, 0.1) is 26.8 Å². The van der Waals surface area contributed by atoms with Crippen molar-refractivity contribution in [3.63, 3.8) is 0 Å². The number of nitrogens with zero attached hydrogens (tertiary/aromatic N) is 3. The van der Waals surface area contributed by atoms with Crippen molar-refractivity contribution in [2.24, 2.45) is 0 Å². The fraction of sp³-hybridized carbons (Fsp3) is 0.0500. The van der Waals surface area contributed by atoms with Gasteiger partial charge in [0.2, 0.25) is 5.95 Å². The molecule has 0 unspecified atom stereocenters. The van der Waals surface area contributed by atoms with E-state index in [1.807, 2.05) is 31.2 Å². The zero-order chi connectivity index (χ0) is 19.1. The van der Waals surface area contributed by atoms with Crippen molar-refractivity contribution in [3.8, 4) is 16.8 Å². The Kier molecular flexibility index (Phi) is 4.34. The van der Waals surface area contributed by atoms with Gasteiger partial charge in [0.15, 0.2) is 0 Å². The van der Waals surface area contributed by atoms with Crippen molar-refractivity contribution in [1.29, 1.82) is 0 Å². The molecule has 4 rings (SSSR count). The Balaban J connectivity index is 1.92. The molecule has 0 spiro atoms. The molecule has 0 saturated heterocycles. The highest BCUT2D eigenvalue weighted by atomic mass is 35.5. The van der Waals surface area contributed by atoms with E-state index < -0.39 is 0 Å². The van der Waals surface area contributed by atoms with Crippen LogP contribution >= 0.6 is 23.2 Å². The van der Waals surface area contributed by atoms with Crippen LogP contribution in [0.5, 0.6) is 0 Å². The van der Waals surface area contributed by atoms with Crippen LogP contribution in [0.3, 0.4) is 0 Å². The topological polar surface area (TPSA) is 73.8 Å². The van der Waals surface area contributed by atoms with Crippen LogP contribution < -0.4 is 11.3 Å². The van der Waals surface area contributed by atoms with E-state index >= 15 is 0 Å². The first kappa shape index (κ1) is 17.5. The summed E-state index contributed by atoms with van der Waals surface area (Å²) >= 11 is 12.1. The fourth-order valence-electron chi connectivity index (χ4n) is 3.02.